The van der Waals surface area contributed by atoms with Gasteiger partial charge >= 0.3 is 0 Å². The number of carbonyl (C=O) groups excluding carboxylic acids is 1. The van der Waals surface area contributed by atoms with Crippen molar-refractivity contribution >= 4 is 17.1 Å². The van der Waals surface area contributed by atoms with Crippen LogP contribution in [0.1, 0.15) is 26.4 Å². The minimum atomic E-state index is 0.0595. The molecule has 0 radical (unpaired) electrons. The van der Waals surface area contributed by atoms with Crippen LogP contribution in [0.2, 0.25) is 0 Å². The van der Waals surface area contributed by atoms with Gasteiger partial charge in [-0.3, -0.25) is 4.79 Å². The van der Waals surface area contributed by atoms with Gasteiger partial charge in [0.05, 0.1) is 14.2 Å². The Kier molecular flexibility index (Phi) is 3.72. The lowest BCUT2D eigenvalue weighted by Gasteiger charge is -2.12. The van der Waals surface area contributed by atoms with Crippen molar-refractivity contribution in [2.45, 2.75) is 19.8 Å². The molecule has 0 saturated heterocycles. The number of thiophene rings is 1. The van der Waals surface area contributed by atoms with Crippen LogP contribution >= 0.6 is 11.3 Å². The zero-order valence-electron chi connectivity index (χ0n) is 12.4. The summed E-state index contributed by atoms with van der Waals surface area (Å²) in [5.74, 6) is 1.78. The number of benzene rings is 1. The van der Waals surface area contributed by atoms with Crippen molar-refractivity contribution in [3.8, 4) is 11.5 Å². The Morgan fingerprint density at radius 3 is 2.67 bits per heavy atom. The van der Waals surface area contributed by atoms with Gasteiger partial charge in [0.2, 0.25) is 0 Å². The number of fused-ring (bicyclic) bond motifs is 1. The highest BCUT2D eigenvalue weighted by Gasteiger charge is 2.33. The third kappa shape index (κ3) is 2.44. The number of rotatable bonds is 4. The van der Waals surface area contributed by atoms with Gasteiger partial charge in [-0.25, -0.2) is 0 Å². The van der Waals surface area contributed by atoms with Crippen molar-refractivity contribution in [2.75, 3.05) is 14.2 Å². The molecule has 1 unspecified atom stereocenters. The van der Waals surface area contributed by atoms with Gasteiger partial charge in [0, 0.05) is 16.4 Å². The fourth-order valence-electron chi connectivity index (χ4n) is 2.96. The third-order valence-electron chi connectivity index (χ3n) is 4.03. The van der Waals surface area contributed by atoms with Gasteiger partial charge in [-0.05, 0) is 48.4 Å². The van der Waals surface area contributed by atoms with E-state index < -0.39 is 0 Å². The summed E-state index contributed by atoms with van der Waals surface area (Å²) in [5, 5.41) is 2.08. The number of hydrogen-bond donors (Lipinski definition) is 0. The molecule has 1 heterocycles. The number of ketones is 1. The standard InChI is InChI=1S/C17H18O3S/c1-10-9-21-15-8-12(17(18)16(10)15)6-11-4-5-13(19-2)14(7-11)20-3/h4-5,7,9,12H,6,8H2,1-3H3. The van der Waals surface area contributed by atoms with Crippen LogP contribution in [0.3, 0.4) is 0 Å². The maximum atomic E-state index is 12.5. The van der Waals surface area contributed by atoms with Crippen LogP contribution in [-0.2, 0) is 12.8 Å². The monoisotopic (exact) mass is 302 g/mol. The Labute approximate surface area is 128 Å². The molecule has 0 aliphatic heterocycles. The molecule has 0 bridgehead atoms. The van der Waals surface area contributed by atoms with Crippen molar-refractivity contribution in [2.24, 2.45) is 5.92 Å². The maximum absolute atomic E-state index is 12.5. The summed E-state index contributed by atoms with van der Waals surface area (Å²) in [6.45, 7) is 2.02. The molecule has 1 aliphatic carbocycles. The van der Waals surface area contributed by atoms with Crippen LogP contribution in [0, 0.1) is 12.8 Å². The Hall–Kier alpha value is -1.81. The summed E-state index contributed by atoms with van der Waals surface area (Å²) in [4.78, 5) is 13.8. The Morgan fingerprint density at radius 1 is 1.24 bits per heavy atom. The predicted octanol–water partition coefficient (Wildman–Crippen LogP) is 3.67. The van der Waals surface area contributed by atoms with E-state index >= 15 is 0 Å². The van der Waals surface area contributed by atoms with Crippen molar-refractivity contribution < 1.29 is 14.3 Å². The lowest BCUT2D eigenvalue weighted by molar-refractivity contribution is 0.0935. The lowest BCUT2D eigenvalue weighted by atomic mass is 9.95. The summed E-state index contributed by atoms with van der Waals surface area (Å²) < 4.78 is 10.6. The largest absolute Gasteiger partial charge is 0.493 e. The maximum Gasteiger partial charge on any atom is 0.168 e. The molecule has 2 aromatic rings. The van der Waals surface area contributed by atoms with Crippen LogP contribution in [0.15, 0.2) is 23.6 Å². The second kappa shape index (κ2) is 5.53. The van der Waals surface area contributed by atoms with E-state index in [1.807, 2.05) is 25.1 Å². The first-order valence-corrected chi connectivity index (χ1v) is 7.84. The molecule has 3 nitrogen and oxygen atoms in total. The summed E-state index contributed by atoms with van der Waals surface area (Å²) >= 11 is 1.70. The summed E-state index contributed by atoms with van der Waals surface area (Å²) in [6, 6.07) is 5.87. The van der Waals surface area contributed by atoms with Crippen molar-refractivity contribution in [3.63, 3.8) is 0 Å². The topological polar surface area (TPSA) is 35.5 Å². The van der Waals surface area contributed by atoms with Gasteiger partial charge in [0.25, 0.3) is 0 Å². The Morgan fingerprint density at radius 2 is 2.00 bits per heavy atom. The van der Waals surface area contributed by atoms with E-state index in [1.54, 1.807) is 25.6 Å². The number of hydrogen-bond acceptors (Lipinski definition) is 4. The molecule has 0 fully saturated rings. The first-order valence-electron chi connectivity index (χ1n) is 6.96. The zero-order chi connectivity index (χ0) is 15.0. The van der Waals surface area contributed by atoms with Gasteiger partial charge in [0.1, 0.15) is 0 Å². The average Bonchev–Trinajstić information content (AvgIpc) is 3.00. The van der Waals surface area contributed by atoms with E-state index in [0.29, 0.717) is 17.3 Å². The number of carbonyl (C=O) groups is 1. The average molecular weight is 302 g/mol. The molecule has 4 heteroatoms. The van der Waals surface area contributed by atoms with Crippen molar-refractivity contribution in [3.05, 3.63) is 45.1 Å². The SMILES string of the molecule is COc1ccc(CC2Cc3scc(C)c3C2=O)cc1OC. The molecule has 3 rings (SSSR count). The highest BCUT2D eigenvalue weighted by Crippen LogP contribution is 2.36. The van der Waals surface area contributed by atoms with Crippen LogP contribution in [0.5, 0.6) is 11.5 Å². The highest BCUT2D eigenvalue weighted by atomic mass is 32.1. The Bertz CT molecular complexity index is 687. The number of ether oxygens (including phenoxy) is 2. The van der Waals surface area contributed by atoms with Crippen molar-refractivity contribution in [1.82, 2.24) is 0 Å². The van der Waals surface area contributed by atoms with Crippen molar-refractivity contribution in [1.29, 1.82) is 0 Å². The molecule has 0 saturated carbocycles. The summed E-state index contributed by atoms with van der Waals surface area (Å²) in [5.41, 5.74) is 3.19. The Balaban J connectivity index is 1.81. The molecule has 0 N–H and O–H groups in total. The van der Waals surface area contributed by atoms with Crippen LogP contribution in [-0.4, -0.2) is 20.0 Å². The molecular formula is C17H18O3S. The third-order valence-corrected chi connectivity index (χ3v) is 5.16. The fraction of sp³-hybridized carbons (Fsp3) is 0.353. The van der Waals surface area contributed by atoms with E-state index in [1.165, 1.54) is 4.88 Å². The molecule has 1 aromatic carbocycles. The molecule has 110 valence electrons. The van der Waals surface area contributed by atoms with E-state index in [9.17, 15) is 4.79 Å². The molecule has 21 heavy (non-hydrogen) atoms. The quantitative estimate of drug-likeness (QED) is 0.864. The number of aryl methyl sites for hydroxylation is 1. The normalized spacial score (nSPS) is 16.9. The van der Waals surface area contributed by atoms with Gasteiger partial charge in [-0.2, -0.15) is 0 Å². The van der Waals surface area contributed by atoms with Crippen LogP contribution < -0.4 is 9.47 Å². The van der Waals surface area contributed by atoms with E-state index in [2.05, 4.69) is 5.38 Å². The smallest absolute Gasteiger partial charge is 0.168 e. The van der Waals surface area contributed by atoms with Gasteiger partial charge < -0.3 is 9.47 Å². The minimum Gasteiger partial charge on any atom is -0.493 e. The summed E-state index contributed by atoms with van der Waals surface area (Å²) in [7, 11) is 3.25. The second-order valence-electron chi connectivity index (χ2n) is 5.38. The first-order chi connectivity index (χ1) is 10.1. The molecule has 0 spiro atoms. The van der Waals surface area contributed by atoms with E-state index in [-0.39, 0.29) is 5.92 Å². The fourth-order valence-corrected chi connectivity index (χ4v) is 4.07. The van der Waals surface area contributed by atoms with Gasteiger partial charge in [-0.15, -0.1) is 11.3 Å². The number of methoxy groups -OCH3 is 2. The molecule has 1 aliphatic rings. The summed E-state index contributed by atoms with van der Waals surface area (Å²) in [6.07, 6.45) is 1.61. The van der Waals surface area contributed by atoms with Gasteiger partial charge in [0.15, 0.2) is 17.3 Å². The van der Waals surface area contributed by atoms with Gasteiger partial charge in [-0.1, -0.05) is 6.07 Å². The molecular weight excluding hydrogens is 284 g/mol. The van der Waals surface area contributed by atoms with Crippen LogP contribution in [0.25, 0.3) is 0 Å². The van der Waals surface area contributed by atoms with Crippen LogP contribution in [0.4, 0.5) is 0 Å². The highest BCUT2D eigenvalue weighted by molar-refractivity contribution is 7.10. The first kappa shape index (κ1) is 14.1. The molecule has 0 amide bonds. The minimum absolute atomic E-state index is 0.0595. The molecule has 1 aromatic heterocycles. The predicted molar refractivity (Wildman–Crippen MR) is 83.8 cm³/mol. The van der Waals surface area contributed by atoms with E-state index in [4.69, 9.17) is 9.47 Å². The number of Topliss-reactive ketones (excluding diaryl/α,β-unsaturated/α-hetero) is 1. The molecule has 1 atom stereocenters. The lowest BCUT2D eigenvalue weighted by Crippen LogP contribution is -2.13. The van der Waals surface area contributed by atoms with E-state index in [0.717, 1.165) is 29.5 Å². The zero-order valence-corrected chi connectivity index (χ0v) is 13.3. The second-order valence-corrected chi connectivity index (χ2v) is 6.34.